The Labute approximate surface area is 81.5 Å². The summed E-state index contributed by atoms with van der Waals surface area (Å²) in [6, 6.07) is 0. The molecule has 0 aromatic heterocycles. The van der Waals surface area contributed by atoms with E-state index in [1.807, 2.05) is 0 Å². The molecule has 0 saturated carbocycles. The number of halogens is 3. The fourth-order valence-corrected chi connectivity index (χ4v) is 0.203. The van der Waals surface area contributed by atoms with E-state index in [1.165, 1.54) is 6.92 Å². The molecule has 0 radical (unpaired) electrons. The summed E-state index contributed by atoms with van der Waals surface area (Å²) in [4.78, 5) is 9.82. The minimum atomic E-state index is -0.750. The van der Waals surface area contributed by atoms with Crippen molar-refractivity contribution in [2.24, 2.45) is 0 Å². The van der Waals surface area contributed by atoms with E-state index in [0.29, 0.717) is 6.61 Å². The van der Waals surface area contributed by atoms with E-state index in [4.69, 9.17) is 34.8 Å². The van der Waals surface area contributed by atoms with Gasteiger partial charge in [-0.1, -0.05) is 34.8 Å². The molecule has 0 rings (SSSR count). The van der Waals surface area contributed by atoms with Crippen LogP contribution in [-0.2, 0) is 9.53 Å². The zero-order chi connectivity index (χ0) is 8.57. The van der Waals surface area contributed by atoms with Crippen LogP contribution in [0.15, 0.2) is 0 Å². The largest absolute Gasteiger partial charge is 0.466 e. The summed E-state index contributed by atoms with van der Waals surface area (Å²) >= 11 is 14.4. The monoisotopic (exact) mass is 223 g/mol. The molecule has 0 aliphatic rings. The molecule has 70 valence electrons. The van der Waals surface area contributed by atoms with Gasteiger partial charge >= 0.3 is 5.97 Å². The van der Waals surface area contributed by atoms with E-state index in [0.717, 1.165) is 0 Å². The van der Waals surface area contributed by atoms with Gasteiger partial charge < -0.3 is 10.9 Å². The minimum Gasteiger partial charge on any atom is -0.466 e. The molecule has 0 bridgehead atoms. The first-order valence-electron chi connectivity index (χ1n) is 2.56. The second kappa shape index (κ2) is 12.9. The van der Waals surface area contributed by atoms with Crippen molar-refractivity contribution >= 4 is 40.8 Å². The molecule has 6 heteroatoms. The van der Waals surface area contributed by atoms with Gasteiger partial charge in [0.25, 0.3) is 0 Å². The van der Waals surface area contributed by atoms with Crippen LogP contribution in [0.4, 0.5) is 0 Å². The number of esters is 1. The Morgan fingerprint density at radius 3 is 1.73 bits per heavy atom. The van der Waals surface area contributed by atoms with Gasteiger partial charge in [-0.3, -0.25) is 4.79 Å². The van der Waals surface area contributed by atoms with Crippen LogP contribution in [0.25, 0.3) is 0 Å². The summed E-state index contributed by atoms with van der Waals surface area (Å²) in [5.74, 6) is -0.211. The zero-order valence-electron chi connectivity index (χ0n) is 6.44. The average Bonchev–Trinajstić information content (AvgIpc) is 1.62. The molecule has 3 N–H and O–H groups in total. The third-order valence-electron chi connectivity index (χ3n) is 0.348. The average molecular weight is 225 g/mol. The lowest BCUT2D eigenvalue weighted by Gasteiger charge is -1.89. The summed E-state index contributed by atoms with van der Waals surface area (Å²) < 4.78 is 3.65. The molecule has 0 aromatic rings. The Balaban J connectivity index is -0.000000114. The Bertz CT molecular complexity index is 87.0. The lowest BCUT2D eigenvalue weighted by molar-refractivity contribution is -0.140. The molecule has 0 saturated heterocycles. The highest BCUT2D eigenvalue weighted by atomic mass is 35.6. The molecule has 0 aliphatic heterocycles. The van der Waals surface area contributed by atoms with Crippen molar-refractivity contribution in [3.05, 3.63) is 0 Å². The molecule has 0 aliphatic carbocycles. The van der Waals surface area contributed by atoms with Gasteiger partial charge in [-0.2, -0.15) is 0 Å². The maximum atomic E-state index is 9.82. The Morgan fingerprint density at radius 2 is 1.73 bits per heavy atom. The molecular weight excluding hydrogens is 212 g/mol. The first kappa shape index (κ1) is 17.4. The molecule has 0 spiro atoms. The fraction of sp³-hybridized carbons (Fsp3) is 0.800. The molecule has 3 nitrogen and oxygen atoms in total. The Hall–Kier alpha value is 0.300. The van der Waals surface area contributed by atoms with Crippen molar-refractivity contribution in [2.75, 3.05) is 6.61 Å². The van der Waals surface area contributed by atoms with E-state index >= 15 is 0 Å². The van der Waals surface area contributed by atoms with Crippen LogP contribution in [0, 0.1) is 0 Å². The number of carbonyl (C=O) groups is 1. The molecule has 11 heavy (non-hydrogen) atoms. The van der Waals surface area contributed by atoms with E-state index in [2.05, 4.69) is 4.74 Å². The van der Waals surface area contributed by atoms with Gasteiger partial charge in [0.2, 0.25) is 0 Å². The number of hydrogen-bond acceptors (Lipinski definition) is 3. The maximum Gasteiger partial charge on any atom is 0.302 e. The van der Waals surface area contributed by atoms with E-state index in [1.54, 1.807) is 6.92 Å². The van der Waals surface area contributed by atoms with Crippen molar-refractivity contribution in [2.45, 2.75) is 18.1 Å². The SMILES string of the molecule is CCOC(C)=O.ClC(Cl)Cl.N. The minimum absolute atomic E-state index is 0. The molecular formula is C5H12Cl3NO2. The lowest BCUT2D eigenvalue weighted by atomic mass is 10.8. The van der Waals surface area contributed by atoms with E-state index in [-0.39, 0.29) is 12.1 Å². The summed E-state index contributed by atoms with van der Waals surface area (Å²) in [7, 11) is 0. The number of carbonyl (C=O) groups excluding carboxylic acids is 1. The van der Waals surface area contributed by atoms with Gasteiger partial charge in [-0.15, -0.1) is 0 Å². The van der Waals surface area contributed by atoms with Gasteiger partial charge in [-0.05, 0) is 6.92 Å². The van der Waals surface area contributed by atoms with Gasteiger partial charge in [0.05, 0.1) is 6.61 Å². The van der Waals surface area contributed by atoms with Crippen LogP contribution >= 0.6 is 34.8 Å². The van der Waals surface area contributed by atoms with Crippen molar-refractivity contribution in [3.63, 3.8) is 0 Å². The Kier molecular flexibility index (Phi) is 20.5. The quantitative estimate of drug-likeness (QED) is 0.550. The number of rotatable bonds is 1. The predicted octanol–water partition coefficient (Wildman–Crippen LogP) is 2.72. The predicted molar refractivity (Wildman–Crippen MR) is 48.7 cm³/mol. The van der Waals surface area contributed by atoms with Crippen molar-refractivity contribution < 1.29 is 9.53 Å². The molecule has 0 heterocycles. The van der Waals surface area contributed by atoms with Crippen molar-refractivity contribution in [1.29, 1.82) is 0 Å². The second-order valence-corrected chi connectivity index (χ2v) is 3.15. The second-order valence-electron chi connectivity index (χ2n) is 1.17. The first-order valence-corrected chi connectivity index (χ1v) is 3.87. The number of hydrogen-bond donors (Lipinski definition) is 1. The van der Waals surface area contributed by atoms with Crippen LogP contribution in [0.3, 0.4) is 0 Å². The first-order chi connectivity index (χ1) is 4.50. The summed E-state index contributed by atoms with van der Waals surface area (Å²) in [5, 5.41) is 0. The lowest BCUT2D eigenvalue weighted by Crippen LogP contribution is -1.95. The standard InChI is InChI=1S/C4H8O2.CHCl3.H3N/c1-3-6-4(2)5;2-1(3)4;/h3H2,1-2H3;1H;1H3. The smallest absolute Gasteiger partial charge is 0.302 e. The highest BCUT2D eigenvalue weighted by Crippen LogP contribution is 2.03. The summed E-state index contributed by atoms with van der Waals surface area (Å²) in [6.45, 7) is 3.65. The summed E-state index contributed by atoms with van der Waals surface area (Å²) in [6.07, 6.45) is 0. The Morgan fingerprint density at radius 1 is 1.45 bits per heavy atom. The summed E-state index contributed by atoms with van der Waals surface area (Å²) in [5.41, 5.74) is 0. The zero-order valence-corrected chi connectivity index (χ0v) is 8.71. The molecule has 0 atom stereocenters. The van der Waals surface area contributed by atoms with Crippen LogP contribution in [0.2, 0.25) is 0 Å². The third-order valence-corrected chi connectivity index (χ3v) is 0.348. The van der Waals surface area contributed by atoms with E-state index < -0.39 is 4.30 Å². The van der Waals surface area contributed by atoms with E-state index in [9.17, 15) is 4.79 Å². The topological polar surface area (TPSA) is 61.3 Å². The van der Waals surface area contributed by atoms with Crippen LogP contribution in [0.1, 0.15) is 13.8 Å². The van der Waals surface area contributed by atoms with Crippen molar-refractivity contribution in [3.8, 4) is 0 Å². The molecule has 0 aromatic carbocycles. The maximum absolute atomic E-state index is 9.82. The fourth-order valence-electron chi connectivity index (χ4n) is 0.203. The van der Waals surface area contributed by atoms with Gasteiger partial charge in [0.1, 0.15) is 0 Å². The molecule has 0 amide bonds. The van der Waals surface area contributed by atoms with Crippen LogP contribution in [0.5, 0.6) is 0 Å². The van der Waals surface area contributed by atoms with Gasteiger partial charge in [0.15, 0.2) is 4.30 Å². The highest BCUT2D eigenvalue weighted by Gasteiger charge is 1.81. The number of alkyl halides is 3. The molecule has 0 fully saturated rings. The highest BCUT2D eigenvalue weighted by molar-refractivity contribution is 6.63. The normalized spacial score (nSPS) is 7.45. The third kappa shape index (κ3) is 65.2. The van der Waals surface area contributed by atoms with Crippen LogP contribution < -0.4 is 6.15 Å². The van der Waals surface area contributed by atoms with Gasteiger partial charge in [-0.25, -0.2) is 0 Å². The van der Waals surface area contributed by atoms with Crippen molar-refractivity contribution in [1.82, 2.24) is 6.15 Å². The van der Waals surface area contributed by atoms with Crippen LogP contribution in [-0.4, -0.2) is 16.9 Å². The molecule has 0 unspecified atom stereocenters. The van der Waals surface area contributed by atoms with Gasteiger partial charge in [0, 0.05) is 6.92 Å². The number of ether oxygens (including phenoxy) is 1.